The van der Waals surface area contributed by atoms with Gasteiger partial charge in [-0.2, -0.15) is 0 Å². The molecule has 0 unspecified atom stereocenters. The van der Waals surface area contributed by atoms with Crippen LogP contribution in [0.1, 0.15) is 0 Å². The van der Waals surface area contributed by atoms with Crippen molar-refractivity contribution in [1.82, 2.24) is 0 Å². The molecule has 0 saturated heterocycles. The fraction of sp³-hybridized carbons (Fsp3) is 0. The van der Waals surface area contributed by atoms with Crippen LogP contribution >= 0.6 is 68.4 Å². The summed E-state index contributed by atoms with van der Waals surface area (Å²) in [7, 11) is 0. The van der Waals surface area contributed by atoms with Gasteiger partial charge in [0.25, 0.3) is 0 Å². The van der Waals surface area contributed by atoms with E-state index in [2.05, 4.69) is 0 Å². The van der Waals surface area contributed by atoms with Gasteiger partial charge in [0.05, 0.1) is 7.14 Å². The van der Waals surface area contributed by atoms with Gasteiger partial charge < -0.3 is 9.52 Å². The quantitative estimate of drug-likeness (QED) is 0.323. The highest BCUT2D eigenvalue weighted by molar-refractivity contribution is 14.1. The van der Waals surface area contributed by atoms with Gasteiger partial charge in [0.15, 0.2) is 17.1 Å². The molecule has 102 valence electrons. The van der Waals surface area contributed by atoms with Crippen LogP contribution in [0, 0.1) is 7.14 Å². The van der Waals surface area contributed by atoms with Crippen molar-refractivity contribution in [3.8, 4) is 17.1 Å². The Bertz CT molecular complexity index is 889. The minimum Gasteiger partial charge on any atom is -0.505 e. The molecule has 3 rings (SSSR count). The Hall–Kier alpha value is -0.250. The maximum absolute atomic E-state index is 11.8. The topological polar surface area (TPSA) is 50.4 Å². The van der Waals surface area contributed by atoms with Gasteiger partial charge in [0.1, 0.15) is 10.0 Å². The Balaban J connectivity index is 2.55. The van der Waals surface area contributed by atoms with Gasteiger partial charge in [-0.05, 0) is 63.4 Å². The molecule has 2 aliphatic rings. The summed E-state index contributed by atoms with van der Waals surface area (Å²) in [5, 5.41) is 10.7. The fourth-order valence-corrected chi connectivity index (χ4v) is 3.93. The van der Waals surface area contributed by atoms with Crippen molar-refractivity contribution in [1.29, 1.82) is 0 Å². The molecule has 20 heavy (non-hydrogen) atoms. The maximum Gasteiger partial charge on any atom is 0.214 e. The lowest BCUT2D eigenvalue weighted by molar-refractivity contribution is 0.471. The van der Waals surface area contributed by atoms with Crippen molar-refractivity contribution >= 4 is 79.4 Å². The van der Waals surface area contributed by atoms with Crippen LogP contribution in [-0.2, 0) is 0 Å². The highest BCUT2D eigenvalue weighted by Gasteiger charge is 2.19. The number of fused-ring (bicyclic) bond motifs is 2. The monoisotopic (exact) mass is 532 g/mol. The molecule has 1 aliphatic heterocycles. The van der Waals surface area contributed by atoms with Crippen LogP contribution in [0.5, 0.6) is 5.75 Å². The number of halogens is 4. The third-order valence-electron chi connectivity index (χ3n) is 2.85. The Labute approximate surface area is 150 Å². The summed E-state index contributed by atoms with van der Waals surface area (Å²) < 4.78 is 6.79. The molecule has 0 bridgehead atoms. The summed E-state index contributed by atoms with van der Waals surface area (Å²) in [6, 6.07) is 5.29. The van der Waals surface area contributed by atoms with E-state index in [1.165, 1.54) is 0 Å². The Morgan fingerprint density at radius 3 is 2.45 bits per heavy atom. The van der Waals surface area contributed by atoms with E-state index in [1.54, 1.807) is 12.1 Å². The molecular weight excluding hydrogens is 529 g/mol. The summed E-state index contributed by atoms with van der Waals surface area (Å²) in [6.45, 7) is 0. The molecule has 0 amide bonds. The second-order valence-electron chi connectivity index (χ2n) is 4.11. The van der Waals surface area contributed by atoms with Crippen LogP contribution in [0.4, 0.5) is 0 Å². The molecule has 1 aromatic carbocycles. The molecule has 0 fully saturated rings. The van der Waals surface area contributed by atoms with Gasteiger partial charge in [0.2, 0.25) is 5.43 Å². The van der Waals surface area contributed by atoms with Crippen molar-refractivity contribution < 1.29 is 9.52 Å². The minimum atomic E-state index is -0.284. The van der Waals surface area contributed by atoms with Crippen LogP contribution in [0.2, 0.25) is 10.0 Å². The van der Waals surface area contributed by atoms with E-state index >= 15 is 0 Å². The van der Waals surface area contributed by atoms with Crippen LogP contribution in [-0.4, -0.2) is 5.11 Å². The van der Waals surface area contributed by atoms with Crippen molar-refractivity contribution in [2.75, 3.05) is 0 Å². The normalized spacial score (nSPS) is 11.4. The van der Waals surface area contributed by atoms with Crippen LogP contribution in [0.3, 0.4) is 0 Å². The molecule has 7 heteroatoms. The van der Waals surface area contributed by atoms with Crippen LogP contribution in [0.25, 0.3) is 22.3 Å². The Morgan fingerprint density at radius 1 is 1.05 bits per heavy atom. The van der Waals surface area contributed by atoms with Gasteiger partial charge in [-0.15, -0.1) is 0 Å². The number of aromatic hydroxyl groups is 1. The molecule has 3 nitrogen and oxygen atoms in total. The van der Waals surface area contributed by atoms with E-state index < -0.39 is 0 Å². The first-order chi connectivity index (χ1) is 9.40. The van der Waals surface area contributed by atoms with Crippen molar-refractivity contribution in [3.63, 3.8) is 0 Å². The number of phenolic OH excluding ortho intramolecular Hbond substituents is 1. The zero-order valence-corrected chi connectivity index (χ0v) is 15.3. The first-order valence-corrected chi connectivity index (χ1v) is 8.24. The summed E-state index contributed by atoms with van der Waals surface area (Å²) in [5.41, 5.74) is 0.734. The van der Waals surface area contributed by atoms with E-state index in [4.69, 9.17) is 27.6 Å². The average Bonchev–Trinajstić information content (AvgIpc) is 2.41. The van der Waals surface area contributed by atoms with Crippen molar-refractivity contribution in [2.24, 2.45) is 0 Å². The minimum absolute atomic E-state index is 0.0166. The number of hydrogen-bond donors (Lipinski definition) is 1. The first-order valence-electron chi connectivity index (χ1n) is 5.32. The van der Waals surface area contributed by atoms with Gasteiger partial charge in [-0.3, -0.25) is 4.79 Å². The molecule has 1 aliphatic carbocycles. The zero-order valence-electron chi connectivity index (χ0n) is 9.51. The van der Waals surface area contributed by atoms with Gasteiger partial charge in [-0.1, -0.05) is 23.2 Å². The largest absolute Gasteiger partial charge is 0.505 e. The van der Waals surface area contributed by atoms with E-state index in [0.717, 1.165) is 5.39 Å². The molecule has 0 radical (unpaired) electrons. The van der Waals surface area contributed by atoms with Crippen molar-refractivity contribution in [2.45, 2.75) is 0 Å². The second kappa shape index (κ2) is 5.19. The molecule has 1 aromatic rings. The van der Waals surface area contributed by atoms with Gasteiger partial charge >= 0.3 is 0 Å². The second-order valence-corrected chi connectivity index (χ2v) is 7.19. The molecular formula is C13H4Cl2I2O3. The SMILES string of the molecule is O=c1c(I)cc2cc3cc(I)c(O)c(Cl)c3oc-2c1Cl. The molecule has 0 spiro atoms. The van der Waals surface area contributed by atoms with E-state index in [1.807, 2.05) is 51.2 Å². The lowest BCUT2D eigenvalue weighted by Gasteiger charge is -2.11. The third kappa shape index (κ3) is 2.18. The average molecular weight is 533 g/mol. The first kappa shape index (κ1) is 14.7. The number of benzene rings is 2. The summed E-state index contributed by atoms with van der Waals surface area (Å²) in [6.07, 6.45) is 0. The van der Waals surface area contributed by atoms with Crippen LogP contribution < -0.4 is 5.43 Å². The molecule has 0 saturated carbocycles. The lowest BCUT2D eigenvalue weighted by atomic mass is 10.1. The highest BCUT2D eigenvalue weighted by Crippen LogP contribution is 2.40. The third-order valence-corrected chi connectivity index (χ3v) is 5.17. The predicted molar refractivity (Wildman–Crippen MR) is 96.2 cm³/mol. The molecule has 0 atom stereocenters. The van der Waals surface area contributed by atoms with Gasteiger partial charge in [0, 0.05) is 10.9 Å². The number of rotatable bonds is 0. The van der Waals surface area contributed by atoms with E-state index in [0.29, 0.717) is 18.3 Å². The van der Waals surface area contributed by atoms with Crippen LogP contribution in [0.15, 0.2) is 27.4 Å². The summed E-state index contributed by atoms with van der Waals surface area (Å²) in [5.74, 6) is 0.221. The number of phenols is 1. The molecule has 1 N–H and O–H groups in total. The smallest absolute Gasteiger partial charge is 0.214 e. The standard InChI is InChI=1S/C13H4Cl2I2O3/c14-8-10(18)6(16)2-4-1-5-3-7(17)11(19)9(15)13(5)20-12(4)8/h1-3,18H. The molecule has 0 aromatic heterocycles. The number of hydrogen-bond acceptors (Lipinski definition) is 3. The van der Waals surface area contributed by atoms with Crippen molar-refractivity contribution in [3.05, 3.63) is 45.6 Å². The summed E-state index contributed by atoms with van der Waals surface area (Å²) in [4.78, 5) is 11.8. The maximum atomic E-state index is 11.8. The zero-order chi connectivity index (χ0) is 14.6. The fourth-order valence-electron chi connectivity index (χ4n) is 1.90. The summed E-state index contributed by atoms with van der Waals surface area (Å²) >= 11 is 16.0. The lowest BCUT2D eigenvalue weighted by Crippen LogP contribution is -2.07. The van der Waals surface area contributed by atoms with Gasteiger partial charge in [-0.25, -0.2) is 0 Å². The predicted octanol–water partition coefficient (Wildman–Crippen LogP) is 5.12. The Morgan fingerprint density at radius 2 is 1.75 bits per heavy atom. The van der Waals surface area contributed by atoms with E-state index in [9.17, 15) is 9.90 Å². The molecule has 1 heterocycles. The Kier molecular flexibility index (Phi) is 3.81. The van der Waals surface area contributed by atoms with E-state index in [-0.39, 0.29) is 27.0 Å². The highest BCUT2D eigenvalue weighted by atomic mass is 127.